The molecule has 0 saturated carbocycles. The second-order valence-electron chi connectivity index (χ2n) is 6.68. The Labute approximate surface area is 177 Å². The van der Waals surface area contributed by atoms with Gasteiger partial charge in [-0.3, -0.25) is 4.79 Å². The van der Waals surface area contributed by atoms with Gasteiger partial charge < -0.3 is 14.8 Å². The Balaban J connectivity index is 1.32. The minimum Gasteiger partial charge on any atom is -0.481 e. The average molecular weight is 421 g/mol. The van der Waals surface area contributed by atoms with Crippen molar-refractivity contribution in [1.29, 1.82) is 0 Å². The van der Waals surface area contributed by atoms with Gasteiger partial charge in [-0.15, -0.1) is 15.3 Å². The molecule has 0 spiro atoms. The molecule has 8 nitrogen and oxygen atoms in total. The van der Waals surface area contributed by atoms with Crippen molar-refractivity contribution < 1.29 is 18.7 Å². The number of carbonyl (C=O) groups is 1. The van der Waals surface area contributed by atoms with Gasteiger partial charge >= 0.3 is 0 Å². The number of fused-ring (bicyclic) bond motifs is 1. The first kappa shape index (κ1) is 20.3. The largest absolute Gasteiger partial charge is 0.481 e. The van der Waals surface area contributed by atoms with Gasteiger partial charge in [0.1, 0.15) is 18.2 Å². The average Bonchev–Trinajstić information content (AvgIpc) is 3.21. The van der Waals surface area contributed by atoms with Crippen LogP contribution in [0.25, 0.3) is 17.0 Å². The molecule has 0 aliphatic rings. The summed E-state index contributed by atoms with van der Waals surface area (Å²) in [6.45, 7) is 2.19. The van der Waals surface area contributed by atoms with E-state index in [1.54, 1.807) is 43.3 Å². The molecule has 158 valence electrons. The van der Waals surface area contributed by atoms with Gasteiger partial charge in [0, 0.05) is 11.6 Å². The van der Waals surface area contributed by atoms with E-state index in [1.807, 2.05) is 18.2 Å². The number of nitrogens with one attached hydrogen (secondary N) is 1. The molecule has 0 aliphatic carbocycles. The van der Waals surface area contributed by atoms with Crippen LogP contribution in [0.15, 0.2) is 66.7 Å². The highest BCUT2D eigenvalue weighted by molar-refractivity contribution is 5.80. The van der Waals surface area contributed by atoms with Crippen LogP contribution >= 0.6 is 0 Å². The summed E-state index contributed by atoms with van der Waals surface area (Å²) in [5.74, 6) is 0.872. The van der Waals surface area contributed by atoms with Gasteiger partial charge in [-0.2, -0.15) is 4.52 Å². The lowest BCUT2D eigenvalue weighted by Gasteiger charge is -2.14. The molecular formula is C22H20FN5O3. The number of benzene rings is 2. The third-order valence-corrected chi connectivity index (χ3v) is 4.42. The second-order valence-corrected chi connectivity index (χ2v) is 6.68. The molecule has 2 aromatic heterocycles. The predicted molar refractivity (Wildman–Crippen MR) is 111 cm³/mol. The van der Waals surface area contributed by atoms with Crippen LogP contribution in [0.2, 0.25) is 0 Å². The Kier molecular flexibility index (Phi) is 6.02. The van der Waals surface area contributed by atoms with Gasteiger partial charge in [0.25, 0.3) is 5.91 Å². The van der Waals surface area contributed by atoms with E-state index >= 15 is 0 Å². The SMILES string of the molecule is CC(Oc1ccccc1)C(=O)NCCOc1ccc2nnc(-c3ccc(F)cc3)n2n1. The maximum atomic E-state index is 13.2. The molecule has 4 aromatic rings. The number of ether oxygens (including phenoxy) is 2. The van der Waals surface area contributed by atoms with Gasteiger partial charge in [0.2, 0.25) is 5.88 Å². The molecule has 31 heavy (non-hydrogen) atoms. The summed E-state index contributed by atoms with van der Waals surface area (Å²) in [7, 11) is 0. The zero-order chi connectivity index (χ0) is 21.6. The molecule has 4 rings (SSSR count). The maximum Gasteiger partial charge on any atom is 0.260 e. The molecule has 0 radical (unpaired) electrons. The van der Waals surface area contributed by atoms with Crippen LogP contribution in [-0.2, 0) is 4.79 Å². The van der Waals surface area contributed by atoms with Gasteiger partial charge in [-0.25, -0.2) is 4.39 Å². The van der Waals surface area contributed by atoms with E-state index in [1.165, 1.54) is 16.6 Å². The fourth-order valence-electron chi connectivity index (χ4n) is 2.86. The third kappa shape index (κ3) is 4.95. The highest BCUT2D eigenvalue weighted by atomic mass is 19.1. The maximum absolute atomic E-state index is 13.2. The Bertz CT molecular complexity index is 1160. The van der Waals surface area contributed by atoms with Crippen molar-refractivity contribution in [3.05, 3.63) is 72.5 Å². The number of rotatable bonds is 8. The topological polar surface area (TPSA) is 90.6 Å². The molecule has 0 bridgehead atoms. The number of halogens is 1. The Hall–Kier alpha value is -4.01. The van der Waals surface area contributed by atoms with Crippen LogP contribution in [0.1, 0.15) is 6.92 Å². The number of carbonyl (C=O) groups excluding carboxylic acids is 1. The lowest BCUT2D eigenvalue weighted by molar-refractivity contribution is -0.127. The van der Waals surface area contributed by atoms with Crippen LogP contribution in [0.5, 0.6) is 11.6 Å². The van der Waals surface area contributed by atoms with Crippen LogP contribution in [0.3, 0.4) is 0 Å². The quantitative estimate of drug-likeness (QED) is 0.440. The molecule has 0 saturated heterocycles. The first-order valence-corrected chi connectivity index (χ1v) is 9.71. The normalized spacial score (nSPS) is 11.8. The summed E-state index contributed by atoms with van der Waals surface area (Å²) in [6.07, 6.45) is -0.632. The smallest absolute Gasteiger partial charge is 0.260 e. The summed E-state index contributed by atoms with van der Waals surface area (Å²) < 4.78 is 25.9. The molecule has 1 unspecified atom stereocenters. The van der Waals surface area contributed by atoms with Gasteiger partial charge in [-0.1, -0.05) is 18.2 Å². The van der Waals surface area contributed by atoms with E-state index in [9.17, 15) is 9.18 Å². The Morgan fingerprint density at radius 3 is 2.61 bits per heavy atom. The van der Waals surface area contributed by atoms with E-state index in [0.29, 0.717) is 28.7 Å². The van der Waals surface area contributed by atoms with Crippen LogP contribution in [0, 0.1) is 5.82 Å². The Morgan fingerprint density at radius 2 is 1.84 bits per heavy atom. The number of para-hydroxylation sites is 1. The molecule has 0 aliphatic heterocycles. The molecular weight excluding hydrogens is 401 g/mol. The van der Waals surface area contributed by atoms with Gasteiger partial charge in [-0.05, 0) is 49.4 Å². The lowest BCUT2D eigenvalue weighted by Crippen LogP contribution is -2.38. The van der Waals surface area contributed by atoms with Crippen molar-refractivity contribution in [2.75, 3.05) is 13.2 Å². The fourth-order valence-corrected chi connectivity index (χ4v) is 2.86. The van der Waals surface area contributed by atoms with Gasteiger partial charge in [0.05, 0.1) is 6.54 Å². The lowest BCUT2D eigenvalue weighted by atomic mass is 10.2. The van der Waals surface area contributed by atoms with Crippen molar-refractivity contribution in [2.24, 2.45) is 0 Å². The minimum absolute atomic E-state index is 0.219. The first-order chi connectivity index (χ1) is 15.1. The molecule has 2 heterocycles. The minimum atomic E-state index is -0.632. The molecule has 1 atom stereocenters. The Morgan fingerprint density at radius 1 is 1.06 bits per heavy atom. The van der Waals surface area contributed by atoms with Gasteiger partial charge in [0.15, 0.2) is 17.6 Å². The second kappa shape index (κ2) is 9.21. The van der Waals surface area contributed by atoms with Crippen molar-refractivity contribution >= 4 is 11.6 Å². The summed E-state index contributed by atoms with van der Waals surface area (Å²) in [6, 6.07) is 18.4. The number of nitrogens with zero attached hydrogens (tertiary/aromatic N) is 4. The number of aromatic nitrogens is 4. The van der Waals surface area contributed by atoms with E-state index in [4.69, 9.17) is 9.47 Å². The van der Waals surface area contributed by atoms with Crippen molar-refractivity contribution in [3.63, 3.8) is 0 Å². The summed E-state index contributed by atoms with van der Waals surface area (Å²) in [5, 5.41) is 15.3. The van der Waals surface area contributed by atoms with Crippen LogP contribution in [0.4, 0.5) is 4.39 Å². The summed E-state index contributed by atoms with van der Waals surface area (Å²) in [5.41, 5.74) is 1.21. The van der Waals surface area contributed by atoms with E-state index < -0.39 is 6.10 Å². The first-order valence-electron chi connectivity index (χ1n) is 9.71. The zero-order valence-corrected chi connectivity index (χ0v) is 16.7. The van der Waals surface area contributed by atoms with Crippen LogP contribution in [-0.4, -0.2) is 45.0 Å². The third-order valence-electron chi connectivity index (χ3n) is 4.42. The standard InChI is InChI=1S/C22H20FN5O3/c1-15(31-18-5-3-2-4-6-18)22(29)24-13-14-30-20-12-11-19-25-26-21(28(19)27-20)16-7-9-17(23)10-8-16/h2-12,15H,13-14H2,1H3,(H,24,29). The van der Waals surface area contributed by atoms with Crippen molar-refractivity contribution in [2.45, 2.75) is 13.0 Å². The molecule has 1 amide bonds. The van der Waals surface area contributed by atoms with Crippen LogP contribution < -0.4 is 14.8 Å². The van der Waals surface area contributed by atoms with Crippen molar-refractivity contribution in [1.82, 2.24) is 25.1 Å². The highest BCUT2D eigenvalue weighted by Gasteiger charge is 2.14. The number of hydrogen-bond donors (Lipinski definition) is 1. The number of hydrogen-bond acceptors (Lipinski definition) is 6. The van der Waals surface area contributed by atoms with E-state index in [-0.39, 0.29) is 24.9 Å². The predicted octanol–water partition coefficient (Wildman–Crippen LogP) is 2.89. The number of amides is 1. The molecule has 0 fully saturated rings. The fraction of sp³-hybridized carbons (Fsp3) is 0.182. The molecule has 2 aromatic carbocycles. The zero-order valence-electron chi connectivity index (χ0n) is 16.7. The summed E-state index contributed by atoms with van der Waals surface area (Å²) in [4.78, 5) is 12.2. The monoisotopic (exact) mass is 421 g/mol. The van der Waals surface area contributed by atoms with Crippen molar-refractivity contribution in [3.8, 4) is 23.0 Å². The summed E-state index contributed by atoms with van der Waals surface area (Å²) >= 11 is 0. The molecule has 1 N–H and O–H groups in total. The van der Waals surface area contributed by atoms with E-state index in [0.717, 1.165) is 0 Å². The highest BCUT2D eigenvalue weighted by Crippen LogP contribution is 2.19. The molecule has 9 heteroatoms. The van der Waals surface area contributed by atoms with E-state index in [2.05, 4.69) is 20.6 Å².